The van der Waals surface area contributed by atoms with Gasteiger partial charge in [-0.15, -0.1) is 0 Å². The van der Waals surface area contributed by atoms with Crippen LogP contribution in [-0.2, 0) is 51.1 Å². The molecule has 0 N–H and O–H groups in total. The second-order valence-corrected chi connectivity index (χ2v) is 11.8. The Kier molecular flexibility index (Phi) is 23.3. The van der Waals surface area contributed by atoms with Crippen molar-refractivity contribution in [2.75, 3.05) is 7.18 Å². The van der Waals surface area contributed by atoms with Crippen molar-refractivity contribution in [2.45, 2.75) is 99.6 Å². The maximum absolute atomic E-state index is 12.6. The normalized spacial score (nSPS) is 10.2. The number of rotatable bonds is 8. The van der Waals surface area contributed by atoms with Gasteiger partial charge in [-0.2, -0.15) is 0 Å². The summed E-state index contributed by atoms with van der Waals surface area (Å²) in [6, 6.07) is 24.3. The number of alkyl halides is 4. The van der Waals surface area contributed by atoms with E-state index >= 15 is 0 Å². The van der Waals surface area contributed by atoms with Gasteiger partial charge in [-0.05, 0) is 95.7 Å². The van der Waals surface area contributed by atoms with Gasteiger partial charge >= 0.3 is 0 Å². The van der Waals surface area contributed by atoms with E-state index < -0.39 is 12.6 Å². The van der Waals surface area contributed by atoms with E-state index in [1.165, 1.54) is 46.5 Å². The van der Waals surface area contributed by atoms with Crippen LogP contribution in [-0.4, -0.2) is 7.18 Å². The van der Waals surface area contributed by atoms with Gasteiger partial charge in [-0.1, -0.05) is 137 Å². The number of hydrogen-bond donors (Lipinski definition) is 0. The lowest BCUT2D eigenvalue weighted by atomic mass is 10.1. The topological polar surface area (TPSA) is 0 Å². The van der Waals surface area contributed by atoms with Crippen molar-refractivity contribution < 1.29 is 17.6 Å². The second-order valence-electron chi connectivity index (χ2n) is 10.6. The molecule has 0 aromatic heterocycles. The van der Waals surface area contributed by atoms with Crippen molar-refractivity contribution in [2.24, 2.45) is 0 Å². The summed E-state index contributed by atoms with van der Waals surface area (Å²) in [5.74, 6) is -2.84. The first kappa shape index (κ1) is 44.5. The molecule has 4 aromatic carbocycles. The molecule has 0 nitrogen and oxygen atoms in total. The fraction of sp³-hybridized carbons (Fsp3) is 0.400. The molecule has 0 atom stereocenters. The molecule has 0 bridgehead atoms. The first-order valence-electron chi connectivity index (χ1n) is 16.1. The summed E-state index contributed by atoms with van der Waals surface area (Å²) in [6.07, 6.45) is 6.23. The maximum atomic E-state index is 12.6. The van der Waals surface area contributed by atoms with Crippen LogP contribution in [0, 0.1) is 0 Å². The zero-order chi connectivity index (χ0) is 36.0. The smallest absolute Gasteiger partial charge is 0.255 e. The van der Waals surface area contributed by atoms with Crippen LogP contribution in [0.25, 0.3) is 0 Å². The van der Waals surface area contributed by atoms with Gasteiger partial charge in [0, 0.05) is 27.6 Å². The predicted molar refractivity (Wildman–Crippen MR) is 198 cm³/mol. The van der Waals surface area contributed by atoms with Crippen LogP contribution < -0.4 is 0 Å². The third-order valence-electron chi connectivity index (χ3n) is 7.34. The van der Waals surface area contributed by atoms with Crippen LogP contribution in [0.1, 0.15) is 93.0 Å². The van der Waals surface area contributed by atoms with Gasteiger partial charge in [0.05, 0.1) is 7.18 Å². The SMILES string of the molecule is CC(F)(F)c1ccc(CF)cc1.CCc1cc(Cl)c(CC)cc1Cl.CCc1ccc(CC)c(Cl)c1.CCc1ccc(CC)cc1.CF. The molecule has 4 rings (SSSR count). The third-order valence-corrected chi connectivity index (χ3v) is 8.39. The minimum absolute atomic E-state index is 0.0836. The van der Waals surface area contributed by atoms with Crippen molar-refractivity contribution in [3.63, 3.8) is 0 Å². The monoisotopic (exact) mass is 712 g/mol. The van der Waals surface area contributed by atoms with E-state index in [0.29, 0.717) is 12.7 Å². The van der Waals surface area contributed by atoms with Crippen LogP contribution in [0.2, 0.25) is 15.1 Å². The van der Waals surface area contributed by atoms with Gasteiger partial charge in [0.1, 0.15) is 6.67 Å². The predicted octanol–water partition coefficient (Wildman–Crippen LogP) is 14.2. The summed E-state index contributed by atoms with van der Waals surface area (Å²) >= 11 is 18.1. The van der Waals surface area contributed by atoms with E-state index in [2.05, 4.69) is 84.0 Å². The highest BCUT2D eigenvalue weighted by Gasteiger charge is 2.23. The molecule has 0 aliphatic carbocycles. The lowest BCUT2D eigenvalue weighted by Crippen LogP contribution is -2.06. The Bertz CT molecular complexity index is 1340. The Balaban J connectivity index is 0.000000591. The fourth-order valence-electron chi connectivity index (χ4n) is 4.17. The number of hydrogen-bond acceptors (Lipinski definition) is 0. The van der Waals surface area contributed by atoms with Gasteiger partial charge in [-0.3, -0.25) is 4.39 Å². The molecule has 0 spiro atoms. The minimum Gasteiger partial charge on any atom is -0.255 e. The molecular formula is C40H51Cl3F4. The van der Waals surface area contributed by atoms with Gasteiger partial charge in [-0.25, -0.2) is 13.2 Å². The first-order chi connectivity index (χ1) is 22.4. The molecule has 0 aliphatic rings. The molecule has 0 unspecified atom stereocenters. The van der Waals surface area contributed by atoms with Crippen LogP contribution >= 0.6 is 34.8 Å². The van der Waals surface area contributed by atoms with E-state index in [0.717, 1.165) is 71.6 Å². The Morgan fingerprint density at radius 2 is 0.809 bits per heavy atom. The Morgan fingerprint density at radius 1 is 0.468 bits per heavy atom. The standard InChI is InChI=1S/C10H12Cl2.C10H13Cl.C10H14.C9H9F3.CH3F/c1-3-7-5-10(12)8(4-2)6-9(7)11;1-3-8-5-6-9(4-2)10(11)7-8;1-3-9-5-7-10(4-2)8-6-9;1-9(11,12)8-4-2-7(6-10)3-5-8;1-2/h5-6H,3-4H2,1-2H3;5-7H,3-4H2,1-2H3;5-8H,3-4H2,1-2H3;2-5H,6H2,1H3;1H3. The summed E-state index contributed by atoms with van der Waals surface area (Å²) in [6.45, 7) is 13.0. The van der Waals surface area contributed by atoms with Gasteiger partial charge in [0.25, 0.3) is 5.92 Å². The molecule has 0 radical (unpaired) electrons. The molecule has 260 valence electrons. The van der Waals surface area contributed by atoms with Crippen molar-refractivity contribution in [1.82, 2.24) is 0 Å². The summed E-state index contributed by atoms with van der Waals surface area (Å²) in [5.41, 5.74) is 7.99. The van der Waals surface area contributed by atoms with Crippen molar-refractivity contribution in [1.29, 1.82) is 0 Å². The highest BCUT2D eigenvalue weighted by atomic mass is 35.5. The van der Waals surface area contributed by atoms with E-state index in [1.54, 1.807) is 0 Å². The Morgan fingerprint density at radius 3 is 1.11 bits per heavy atom. The lowest BCUT2D eigenvalue weighted by molar-refractivity contribution is 0.0174. The fourth-order valence-corrected chi connectivity index (χ4v) is 5.14. The average molecular weight is 714 g/mol. The van der Waals surface area contributed by atoms with E-state index in [9.17, 15) is 17.6 Å². The largest absolute Gasteiger partial charge is 0.270 e. The van der Waals surface area contributed by atoms with E-state index in [4.69, 9.17) is 34.8 Å². The number of benzene rings is 4. The summed E-state index contributed by atoms with van der Waals surface area (Å²) < 4.78 is 46.7. The number of aryl methyl sites for hydroxylation is 6. The lowest BCUT2D eigenvalue weighted by Gasteiger charge is -2.09. The molecule has 0 saturated carbocycles. The molecule has 0 amide bonds. The zero-order valence-electron chi connectivity index (χ0n) is 29.1. The average Bonchev–Trinajstić information content (AvgIpc) is 3.10. The van der Waals surface area contributed by atoms with Gasteiger partial charge in [0.15, 0.2) is 0 Å². The summed E-state index contributed by atoms with van der Waals surface area (Å²) in [7, 11) is 0.500. The molecule has 7 heteroatoms. The molecular weight excluding hydrogens is 663 g/mol. The Hall–Kier alpha value is -2.53. The van der Waals surface area contributed by atoms with Crippen LogP contribution in [0.15, 0.2) is 78.9 Å². The van der Waals surface area contributed by atoms with Gasteiger partial charge in [0.2, 0.25) is 0 Å². The first-order valence-corrected chi connectivity index (χ1v) is 17.2. The number of halogens is 7. The molecule has 4 aromatic rings. The van der Waals surface area contributed by atoms with Gasteiger partial charge < -0.3 is 0 Å². The Labute approximate surface area is 296 Å². The zero-order valence-corrected chi connectivity index (χ0v) is 31.4. The highest BCUT2D eigenvalue weighted by molar-refractivity contribution is 6.34. The summed E-state index contributed by atoms with van der Waals surface area (Å²) in [4.78, 5) is 0. The molecule has 0 heterocycles. The van der Waals surface area contributed by atoms with Crippen LogP contribution in [0.3, 0.4) is 0 Å². The van der Waals surface area contributed by atoms with Crippen molar-refractivity contribution in [3.05, 3.63) is 138 Å². The van der Waals surface area contributed by atoms with E-state index in [1.807, 2.05) is 12.1 Å². The molecule has 47 heavy (non-hydrogen) atoms. The van der Waals surface area contributed by atoms with Crippen LogP contribution in [0.4, 0.5) is 17.6 Å². The molecule has 0 fully saturated rings. The maximum Gasteiger partial charge on any atom is 0.270 e. The summed E-state index contributed by atoms with van der Waals surface area (Å²) in [5, 5.41) is 2.57. The van der Waals surface area contributed by atoms with Crippen molar-refractivity contribution >= 4 is 34.8 Å². The minimum atomic E-state index is -2.84. The second kappa shape index (κ2) is 24.6. The quantitative estimate of drug-likeness (QED) is 0.160. The third kappa shape index (κ3) is 16.9. The van der Waals surface area contributed by atoms with Crippen LogP contribution in [0.5, 0.6) is 0 Å². The van der Waals surface area contributed by atoms with Crippen molar-refractivity contribution in [3.8, 4) is 0 Å². The highest BCUT2D eigenvalue weighted by Crippen LogP contribution is 2.27. The van der Waals surface area contributed by atoms with E-state index in [-0.39, 0.29) is 5.56 Å². The molecule has 0 saturated heterocycles. The molecule has 0 aliphatic heterocycles.